The van der Waals surface area contributed by atoms with Gasteiger partial charge in [0, 0.05) is 10.9 Å². The van der Waals surface area contributed by atoms with Crippen LogP contribution in [0.5, 0.6) is 5.75 Å². The largest absolute Gasteiger partial charge is 0.494 e. The molecule has 0 fully saturated rings. The van der Waals surface area contributed by atoms with E-state index >= 15 is 0 Å². The SMILES string of the molecule is COc1c(-c2ncnc3cc(S(=O)(=O)F)ccc23)ccc(C(F)(F)F)c1Cl. The van der Waals surface area contributed by atoms with E-state index < -0.39 is 31.9 Å². The molecule has 3 aromatic rings. The van der Waals surface area contributed by atoms with Crippen molar-refractivity contribution in [3.05, 3.63) is 47.2 Å². The first-order valence-corrected chi connectivity index (χ1v) is 8.93. The average Bonchev–Trinajstić information content (AvgIpc) is 2.58. The van der Waals surface area contributed by atoms with Crippen LogP contribution in [0.4, 0.5) is 17.1 Å². The Balaban J connectivity index is 2.28. The van der Waals surface area contributed by atoms with Gasteiger partial charge in [0.15, 0.2) is 0 Å². The summed E-state index contributed by atoms with van der Waals surface area (Å²) >= 11 is 5.87. The minimum Gasteiger partial charge on any atom is -0.494 e. The van der Waals surface area contributed by atoms with Crippen LogP contribution in [-0.4, -0.2) is 25.5 Å². The van der Waals surface area contributed by atoms with Crippen LogP contribution < -0.4 is 4.74 Å². The van der Waals surface area contributed by atoms with E-state index in [1.807, 2.05) is 0 Å². The van der Waals surface area contributed by atoms with Crippen LogP contribution in [0.15, 0.2) is 41.6 Å². The zero-order valence-electron chi connectivity index (χ0n) is 13.4. The van der Waals surface area contributed by atoms with Crippen LogP contribution in [-0.2, 0) is 16.4 Å². The molecule has 2 aromatic carbocycles. The number of alkyl halides is 3. The summed E-state index contributed by atoms with van der Waals surface area (Å²) in [4.78, 5) is 7.32. The van der Waals surface area contributed by atoms with Crippen LogP contribution in [0, 0.1) is 0 Å². The van der Waals surface area contributed by atoms with E-state index in [9.17, 15) is 25.5 Å². The quantitative estimate of drug-likeness (QED) is 0.456. The maximum absolute atomic E-state index is 13.2. The van der Waals surface area contributed by atoms with Crippen LogP contribution in [0.3, 0.4) is 0 Å². The van der Waals surface area contributed by atoms with Crippen LogP contribution >= 0.6 is 11.6 Å². The molecule has 3 rings (SSSR count). The number of methoxy groups -OCH3 is 1. The lowest BCUT2D eigenvalue weighted by Gasteiger charge is -2.16. The zero-order valence-corrected chi connectivity index (χ0v) is 15.0. The summed E-state index contributed by atoms with van der Waals surface area (Å²) in [5.41, 5.74) is -0.709. The van der Waals surface area contributed by atoms with E-state index in [2.05, 4.69) is 9.97 Å². The fourth-order valence-electron chi connectivity index (χ4n) is 2.56. The first-order valence-electron chi connectivity index (χ1n) is 7.17. The Kier molecular flexibility index (Phi) is 4.73. The van der Waals surface area contributed by atoms with Crippen molar-refractivity contribution in [1.82, 2.24) is 9.97 Å². The van der Waals surface area contributed by atoms with Gasteiger partial charge in [-0.2, -0.15) is 21.6 Å². The molecule has 142 valence electrons. The van der Waals surface area contributed by atoms with E-state index in [1.165, 1.54) is 6.07 Å². The molecular weight excluding hydrogens is 412 g/mol. The van der Waals surface area contributed by atoms with E-state index in [0.717, 1.165) is 37.7 Å². The van der Waals surface area contributed by atoms with Gasteiger partial charge in [0.1, 0.15) is 17.0 Å². The average molecular weight is 421 g/mol. The van der Waals surface area contributed by atoms with Crippen molar-refractivity contribution >= 4 is 32.7 Å². The minimum absolute atomic E-state index is 0.0804. The van der Waals surface area contributed by atoms with E-state index in [0.29, 0.717) is 0 Å². The first kappa shape index (κ1) is 19.3. The van der Waals surface area contributed by atoms with Gasteiger partial charge in [-0.15, -0.1) is 3.89 Å². The van der Waals surface area contributed by atoms with Gasteiger partial charge in [0.2, 0.25) is 0 Å². The highest BCUT2D eigenvalue weighted by atomic mass is 35.5. The maximum Gasteiger partial charge on any atom is 0.417 e. The Hall–Kier alpha value is -2.46. The number of hydrogen-bond acceptors (Lipinski definition) is 5. The molecule has 0 atom stereocenters. The molecule has 0 amide bonds. The zero-order chi connectivity index (χ0) is 20.0. The van der Waals surface area contributed by atoms with Crippen molar-refractivity contribution in [2.45, 2.75) is 11.1 Å². The minimum atomic E-state index is -4.94. The third-order valence-electron chi connectivity index (χ3n) is 3.75. The molecule has 0 aliphatic rings. The molecule has 27 heavy (non-hydrogen) atoms. The van der Waals surface area contributed by atoms with Gasteiger partial charge in [-0.3, -0.25) is 0 Å². The third-order valence-corrected chi connectivity index (χ3v) is 4.94. The number of benzene rings is 2. The fourth-order valence-corrected chi connectivity index (χ4v) is 3.40. The molecule has 0 unspecified atom stereocenters. The lowest BCUT2D eigenvalue weighted by molar-refractivity contribution is -0.137. The number of fused-ring (bicyclic) bond motifs is 1. The predicted molar refractivity (Wildman–Crippen MR) is 89.8 cm³/mol. The molecule has 0 saturated carbocycles. The smallest absolute Gasteiger partial charge is 0.417 e. The normalized spacial score (nSPS) is 12.4. The summed E-state index contributed by atoms with van der Waals surface area (Å²) in [7, 11) is -3.79. The number of halogens is 5. The molecular formula is C16H9ClF4N2O3S. The summed E-state index contributed by atoms with van der Waals surface area (Å²) in [6.45, 7) is 0. The van der Waals surface area contributed by atoms with Gasteiger partial charge in [0.25, 0.3) is 0 Å². The monoisotopic (exact) mass is 420 g/mol. The van der Waals surface area contributed by atoms with Gasteiger partial charge < -0.3 is 4.74 Å². The predicted octanol–water partition coefficient (Wildman–Crippen LogP) is 4.64. The van der Waals surface area contributed by atoms with Gasteiger partial charge >= 0.3 is 16.4 Å². The number of hydrogen-bond donors (Lipinski definition) is 0. The van der Waals surface area contributed by atoms with Crippen molar-refractivity contribution in [1.29, 1.82) is 0 Å². The Morgan fingerprint density at radius 2 is 1.81 bits per heavy atom. The summed E-state index contributed by atoms with van der Waals surface area (Å²) < 4.78 is 79.5. The maximum atomic E-state index is 13.2. The van der Waals surface area contributed by atoms with Crippen molar-refractivity contribution < 1.29 is 30.2 Å². The standard InChI is InChI=1S/C16H9ClF4N2O3S/c1-26-15-10(4-5-11(13(15)17)16(18,19)20)14-9-3-2-8(27(21,24)25)6-12(9)22-7-23-14/h2-7H,1H3. The second-order valence-corrected chi connectivity index (χ2v) is 7.07. The summed E-state index contributed by atoms with van der Waals surface area (Å²) in [6.07, 6.45) is -3.61. The van der Waals surface area contributed by atoms with Crippen molar-refractivity contribution in [2.75, 3.05) is 7.11 Å². The van der Waals surface area contributed by atoms with Crippen molar-refractivity contribution in [3.8, 4) is 17.0 Å². The van der Waals surface area contributed by atoms with Gasteiger partial charge in [-0.1, -0.05) is 11.6 Å². The number of aromatic nitrogens is 2. The number of ether oxygens (including phenoxy) is 1. The van der Waals surface area contributed by atoms with E-state index in [1.54, 1.807) is 0 Å². The van der Waals surface area contributed by atoms with Crippen molar-refractivity contribution in [3.63, 3.8) is 0 Å². The lowest BCUT2D eigenvalue weighted by atomic mass is 10.0. The molecule has 0 bridgehead atoms. The molecule has 1 heterocycles. The number of rotatable bonds is 3. The molecule has 0 N–H and O–H groups in total. The molecule has 0 aliphatic heterocycles. The van der Waals surface area contributed by atoms with Crippen molar-refractivity contribution in [2.24, 2.45) is 0 Å². The highest BCUT2D eigenvalue weighted by molar-refractivity contribution is 7.86. The van der Waals surface area contributed by atoms with Gasteiger partial charge in [-0.05, 0) is 30.3 Å². The second-order valence-electron chi connectivity index (χ2n) is 5.34. The Morgan fingerprint density at radius 1 is 1.11 bits per heavy atom. The Morgan fingerprint density at radius 3 is 2.41 bits per heavy atom. The van der Waals surface area contributed by atoms with Crippen LogP contribution in [0.2, 0.25) is 5.02 Å². The van der Waals surface area contributed by atoms with Crippen LogP contribution in [0.1, 0.15) is 5.56 Å². The molecule has 0 aliphatic carbocycles. The van der Waals surface area contributed by atoms with E-state index in [4.69, 9.17) is 16.3 Å². The summed E-state index contributed by atoms with van der Waals surface area (Å²) in [6, 6.07) is 5.17. The molecule has 1 aromatic heterocycles. The second kappa shape index (κ2) is 6.61. The fraction of sp³-hybridized carbons (Fsp3) is 0.125. The first-order chi connectivity index (χ1) is 12.5. The molecule has 11 heteroatoms. The molecule has 5 nitrogen and oxygen atoms in total. The molecule has 0 radical (unpaired) electrons. The Bertz CT molecular complexity index is 1150. The van der Waals surface area contributed by atoms with E-state index in [-0.39, 0.29) is 27.9 Å². The van der Waals surface area contributed by atoms with Gasteiger partial charge in [0.05, 0.1) is 28.9 Å². The van der Waals surface area contributed by atoms with Gasteiger partial charge in [-0.25, -0.2) is 9.97 Å². The Labute approximate surface area is 155 Å². The third kappa shape index (κ3) is 3.54. The highest BCUT2D eigenvalue weighted by Crippen LogP contribution is 2.44. The topological polar surface area (TPSA) is 69.2 Å². The molecule has 0 saturated heterocycles. The van der Waals surface area contributed by atoms with Crippen LogP contribution in [0.25, 0.3) is 22.2 Å². The summed E-state index contributed by atoms with van der Waals surface area (Å²) in [5, 5.41) is -0.365. The molecule has 0 spiro atoms. The number of nitrogens with zero attached hydrogens (tertiary/aromatic N) is 2. The highest BCUT2D eigenvalue weighted by Gasteiger charge is 2.35. The lowest BCUT2D eigenvalue weighted by Crippen LogP contribution is -2.07. The summed E-state index contributed by atoms with van der Waals surface area (Å²) in [5.74, 6) is -0.256.